The number of sulfonamides is 1. The minimum absolute atomic E-state index is 0.175. The zero-order valence-electron chi connectivity index (χ0n) is 16.9. The highest BCUT2D eigenvalue weighted by molar-refractivity contribution is 7.89. The van der Waals surface area contributed by atoms with Gasteiger partial charge in [0.05, 0.1) is 21.3 Å². The fourth-order valence-corrected chi connectivity index (χ4v) is 4.18. The number of hydrogen-bond acceptors (Lipinski definition) is 7. The first-order valence-electron chi connectivity index (χ1n) is 8.90. The monoisotopic (exact) mass is 409 g/mol. The number of methoxy groups -OCH3 is 3. The fourth-order valence-electron chi connectivity index (χ4n) is 2.78. The molecule has 0 bridgehead atoms. The number of anilines is 1. The molecule has 0 aliphatic heterocycles. The minimum atomic E-state index is -3.51. The van der Waals surface area contributed by atoms with Crippen molar-refractivity contribution in [3.05, 3.63) is 36.0 Å². The Morgan fingerprint density at radius 2 is 1.61 bits per heavy atom. The van der Waals surface area contributed by atoms with Crippen molar-refractivity contribution in [3.63, 3.8) is 0 Å². The maximum absolute atomic E-state index is 12.5. The van der Waals surface area contributed by atoms with Crippen LogP contribution < -0.4 is 19.5 Å². The first kappa shape index (κ1) is 21.8. The van der Waals surface area contributed by atoms with E-state index in [1.165, 1.54) is 10.5 Å². The average molecular weight is 410 g/mol. The van der Waals surface area contributed by atoms with Crippen LogP contribution in [0.3, 0.4) is 0 Å². The van der Waals surface area contributed by atoms with Crippen molar-refractivity contribution in [2.24, 2.45) is 0 Å². The van der Waals surface area contributed by atoms with Gasteiger partial charge in [-0.25, -0.2) is 13.4 Å². The summed E-state index contributed by atoms with van der Waals surface area (Å²) in [5, 5.41) is 3.17. The summed E-state index contributed by atoms with van der Waals surface area (Å²) in [5.74, 6) is 2.21. The lowest BCUT2D eigenvalue weighted by Crippen LogP contribution is -2.30. The molecule has 9 heteroatoms. The van der Waals surface area contributed by atoms with Gasteiger partial charge in [-0.3, -0.25) is 0 Å². The predicted molar refractivity (Wildman–Crippen MR) is 108 cm³/mol. The molecule has 0 aliphatic carbocycles. The van der Waals surface area contributed by atoms with Gasteiger partial charge in [-0.15, -0.1) is 0 Å². The van der Waals surface area contributed by atoms with Crippen molar-refractivity contribution in [1.82, 2.24) is 9.29 Å². The number of benzene rings is 1. The molecule has 154 valence electrons. The zero-order chi connectivity index (χ0) is 20.7. The first-order valence-corrected chi connectivity index (χ1v) is 10.3. The molecule has 1 aromatic carbocycles. The molecule has 0 amide bonds. The van der Waals surface area contributed by atoms with Crippen LogP contribution in [-0.2, 0) is 16.6 Å². The molecule has 28 heavy (non-hydrogen) atoms. The molecule has 0 fully saturated rings. The van der Waals surface area contributed by atoms with E-state index in [0.29, 0.717) is 42.7 Å². The van der Waals surface area contributed by atoms with Crippen LogP contribution in [0.4, 0.5) is 5.82 Å². The summed E-state index contributed by atoms with van der Waals surface area (Å²) in [5.41, 5.74) is 0.899. The second-order valence-electron chi connectivity index (χ2n) is 5.86. The van der Waals surface area contributed by atoms with E-state index in [0.717, 1.165) is 5.56 Å². The summed E-state index contributed by atoms with van der Waals surface area (Å²) in [6.45, 7) is 4.90. The third-order valence-corrected chi connectivity index (χ3v) is 6.31. The number of rotatable bonds is 10. The van der Waals surface area contributed by atoms with E-state index in [4.69, 9.17) is 14.2 Å². The summed E-state index contributed by atoms with van der Waals surface area (Å²) in [4.78, 5) is 4.40. The van der Waals surface area contributed by atoms with Gasteiger partial charge in [-0.1, -0.05) is 13.8 Å². The molecule has 0 spiro atoms. The summed E-state index contributed by atoms with van der Waals surface area (Å²) < 4.78 is 42.4. The van der Waals surface area contributed by atoms with Gasteiger partial charge in [0.1, 0.15) is 10.7 Å². The normalized spacial score (nSPS) is 11.4. The Labute approximate surface area is 166 Å². The lowest BCUT2D eigenvalue weighted by Gasteiger charge is -2.18. The van der Waals surface area contributed by atoms with E-state index in [-0.39, 0.29) is 4.90 Å². The topological polar surface area (TPSA) is 90.0 Å². The van der Waals surface area contributed by atoms with Crippen LogP contribution >= 0.6 is 0 Å². The largest absolute Gasteiger partial charge is 0.493 e. The van der Waals surface area contributed by atoms with Crippen LogP contribution in [-0.4, -0.2) is 52.1 Å². The molecule has 0 saturated carbocycles. The first-order chi connectivity index (χ1) is 13.4. The van der Waals surface area contributed by atoms with Crippen molar-refractivity contribution in [3.8, 4) is 17.2 Å². The molecule has 2 rings (SSSR count). The quantitative estimate of drug-likeness (QED) is 0.645. The Morgan fingerprint density at radius 3 is 2.04 bits per heavy atom. The number of hydrogen-bond donors (Lipinski definition) is 1. The molecule has 1 heterocycles. The highest BCUT2D eigenvalue weighted by Gasteiger charge is 2.21. The van der Waals surface area contributed by atoms with Gasteiger partial charge in [-0.05, 0) is 29.8 Å². The number of ether oxygens (including phenoxy) is 3. The third-order valence-electron chi connectivity index (χ3n) is 4.28. The van der Waals surface area contributed by atoms with Crippen molar-refractivity contribution >= 4 is 15.8 Å². The standard InChI is InChI=1S/C19H27N3O5S/c1-6-22(7-2)28(23,24)15-8-9-18(21-13-15)20-12-14-10-16(25-3)19(27-5)17(11-14)26-4/h8-11,13H,6-7,12H2,1-5H3,(H,20,21). The fraction of sp³-hybridized carbons (Fsp3) is 0.421. The van der Waals surface area contributed by atoms with Gasteiger partial charge in [0.15, 0.2) is 11.5 Å². The summed E-state index contributed by atoms with van der Waals surface area (Å²) >= 11 is 0. The van der Waals surface area contributed by atoms with Crippen LogP contribution in [0, 0.1) is 0 Å². The SMILES string of the molecule is CCN(CC)S(=O)(=O)c1ccc(NCc2cc(OC)c(OC)c(OC)c2)nc1. The van der Waals surface area contributed by atoms with Crippen molar-refractivity contribution in [1.29, 1.82) is 0 Å². The number of nitrogens with zero attached hydrogens (tertiary/aromatic N) is 2. The Hall–Kier alpha value is -2.52. The Bertz CT molecular complexity index is 856. The molecule has 1 aromatic heterocycles. The van der Waals surface area contributed by atoms with Gasteiger partial charge in [-0.2, -0.15) is 4.31 Å². The molecule has 1 N–H and O–H groups in total. The summed E-state index contributed by atoms with van der Waals surface area (Å²) in [6, 6.07) is 6.88. The van der Waals surface area contributed by atoms with E-state index < -0.39 is 10.0 Å². The lowest BCUT2D eigenvalue weighted by atomic mass is 10.1. The number of aromatic nitrogens is 1. The van der Waals surface area contributed by atoms with E-state index in [2.05, 4.69) is 10.3 Å². The number of nitrogens with one attached hydrogen (secondary N) is 1. The van der Waals surface area contributed by atoms with Gasteiger partial charge in [0.2, 0.25) is 15.8 Å². The van der Waals surface area contributed by atoms with Gasteiger partial charge >= 0.3 is 0 Å². The molecule has 8 nitrogen and oxygen atoms in total. The molecule has 2 aromatic rings. The third kappa shape index (κ3) is 4.66. The van der Waals surface area contributed by atoms with Gasteiger partial charge in [0, 0.05) is 25.8 Å². The van der Waals surface area contributed by atoms with Crippen LogP contribution in [0.15, 0.2) is 35.4 Å². The molecular weight excluding hydrogens is 382 g/mol. The van der Waals surface area contributed by atoms with Crippen LogP contribution in [0.1, 0.15) is 19.4 Å². The van der Waals surface area contributed by atoms with Crippen molar-refractivity contribution in [2.75, 3.05) is 39.7 Å². The van der Waals surface area contributed by atoms with Gasteiger partial charge in [0.25, 0.3) is 0 Å². The lowest BCUT2D eigenvalue weighted by molar-refractivity contribution is 0.324. The highest BCUT2D eigenvalue weighted by Crippen LogP contribution is 2.38. The molecule has 0 atom stereocenters. The molecular formula is C19H27N3O5S. The predicted octanol–water partition coefficient (Wildman–Crippen LogP) is 2.75. The highest BCUT2D eigenvalue weighted by atomic mass is 32.2. The van der Waals surface area contributed by atoms with Crippen molar-refractivity contribution in [2.45, 2.75) is 25.3 Å². The van der Waals surface area contributed by atoms with Crippen LogP contribution in [0.5, 0.6) is 17.2 Å². The minimum Gasteiger partial charge on any atom is -0.493 e. The second-order valence-corrected chi connectivity index (χ2v) is 7.79. The Morgan fingerprint density at radius 1 is 1.00 bits per heavy atom. The maximum atomic E-state index is 12.5. The van der Waals surface area contributed by atoms with Gasteiger partial charge < -0.3 is 19.5 Å². The van der Waals surface area contributed by atoms with E-state index >= 15 is 0 Å². The Kier molecular flexibility index (Phi) is 7.47. The smallest absolute Gasteiger partial charge is 0.244 e. The molecule has 0 unspecified atom stereocenters. The average Bonchev–Trinajstić information content (AvgIpc) is 2.72. The zero-order valence-corrected chi connectivity index (χ0v) is 17.7. The van der Waals surface area contributed by atoms with Crippen LogP contribution in [0.25, 0.3) is 0 Å². The number of pyridine rings is 1. The molecule has 0 aliphatic rings. The summed E-state index contributed by atoms with van der Waals surface area (Å²) in [7, 11) is 1.16. The van der Waals surface area contributed by atoms with Crippen molar-refractivity contribution < 1.29 is 22.6 Å². The molecule has 0 radical (unpaired) electrons. The van der Waals surface area contributed by atoms with Crippen LogP contribution in [0.2, 0.25) is 0 Å². The van der Waals surface area contributed by atoms with E-state index in [1.54, 1.807) is 33.5 Å². The van der Waals surface area contributed by atoms with E-state index in [1.807, 2.05) is 26.0 Å². The maximum Gasteiger partial charge on any atom is 0.244 e. The van der Waals surface area contributed by atoms with E-state index in [9.17, 15) is 8.42 Å². The summed E-state index contributed by atoms with van der Waals surface area (Å²) in [6.07, 6.45) is 1.37. The Balaban J connectivity index is 2.16. The molecule has 0 saturated heterocycles. The second kappa shape index (κ2) is 9.61.